The number of amides is 2. The van der Waals surface area contributed by atoms with Crippen LogP contribution in [-0.4, -0.2) is 87.9 Å². The normalized spacial score (nSPS) is 13.5. The zero-order valence-corrected chi connectivity index (χ0v) is 34.1. The molecule has 2 N–H and O–H groups in total. The maximum atomic E-state index is 13.4. The Bertz CT molecular complexity index is 1680. The third kappa shape index (κ3) is 13.0. The van der Waals surface area contributed by atoms with Gasteiger partial charge in [0.25, 0.3) is 0 Å². The van der Waals surface area contributed by atoms with Crippen LogP contribution in [0.5, 0.6) is 17.2 Å². The van der Waals surface area contributed by atoms with Crippen LogP contribution >= 0.6 is 0 Å². The van der Waals surface area contributed by atoms with Crippen molar-refractivity contribution < 1.29 is 48.0 Å². The molecule has 1 heterocycles. The lowest BCUT2D eigenvalue weighted by Crippen LogP contribution is -2.49. The third-order valence-corrected chi connectivity index (χ3v) is 10.7. The van der Waals surface area contributed by atoms with Crippen molar-refractivity contribution in [3.8, 4) is 29.6 Å². The second kappa shape index (κ2) is 23.0. The maximum Gasteiger partial charge on any atom is 0.306 e. The van der Waals surface area contributed by atoms with Crippen LogP contribution in [0.3, 0.4) is 0 Å². The summed E-state index contributed by atoms with van der Waals surface area (Å²) in [5, 5.41) is 12.1. The third-order valence-electron chi connectivity index (χ3n) is 10.7. The topological polar surface area (TPSA) is 150 Å². The van der Waals surface area contributed by atoms with Gasteiger partial charge in [-0.15, -0.1) is 12.3 Å². The Hall–Kier alpha value is -5.54. The number of hydrogen-bond donors (Lipinski definition) is 2. The smallest absolute Gasteiger partial charge is 0.306 e. The van der Waals surface area contributed by atoms with Crippen molar-refractivity contribution >= 4 is 23.8 Å². The number of carboxylic acids is 1. The van der Waals surface area contributed by atoms with Crippen LogP contribution in [0.25, 0.3) is 0 Å². The van der Waals surface area contributed by atoms with Gasteiger partial charge in [0, 0.05) is 44.3 Å². The average molecular weight is 799 g/mol. The van der Waals surface area contributed by atoms with E-state index in [0.717, 1.165) is 42.4 Å². The summed E-state index contributed by atoms with van der Waals surface area (Å²) in [6.07, 6.45) is 11.1. The summed E-state index contributed by atoms with van der Waals surface area (Å²) in [5.74, 6) is 3.01. The number of nitrogens with zero attached hydrogens (tertiary/aromatic N) is 1. The van der Waals surface area contributed by atoms with E-state index in [1.165, 1.54) is 0 Å². The van der Waals surface area contributed by atoms with Gasteiger partial charge in [0.15, 0.2) is 0 Å². The molecule has 0 radical (unpaired) electrons. The minimum absolute atomic E-state index is 0.00692. The first-order valence-corrected chi connectivity index (χ1v) is 20.0. The molecule has 0 aromatic heterocycles. The Morgan fingerprint density at radius 3 is 1.71 bits per heavy atom. The number of nitrogens with one attached hydrogen (secondary N) is 1. The first kappa shape index (κ1) is 45.2. The molecule has 1 fully saturated rings. The number of unbranched alkanes of at least 4 members (excludes halogenated alkanes) is 4. The lowest BCUT2D eigenvalue weighted by Gasteiger charge is -2.44. The summed E-state index contributed by atoms with van der Waals surface area (Å²) in [4.78, 5) is 51.3. The first-order chi connectivity index (χ1) is 28.1. The summed E-state index contributed by atoms with van der Waals surface area (Å²) < 4.78 is 29.6. The Morgan fingerprint density at radius 1 is 0.707 bits per heavy atom. The Balaban J connectivity index is 1.54. The molecule has 3 aromatic rings. The Kier molecular flexibility index (Phi) is 17.9. The predicted octanol–water partition coefficient (Wildman–Crippen LogP) is 6.91. The number of terminal acetylenes is 1. The van der Waals surface area contributed by atoms with E-state index in [2.05, 4.69) is 11.2 Å². The van der Waals surface area contributed by atoms with Crippen LogP contribution in [0, 0.1) is 17.8 Å². The molecule has 1 aliphatic heterocycles. The van der Waals surface area contributed by atoms with Gasteiger partial charge in [-0.1, -0.05) is 42.8 Å². The van der Waals surface area contributed by atoms with Crippen LogP contribution in [0.4, 0.5) is 0 Å². The summed E-state index contributed by atoms with van der Waals surface area (Å²) >= 11 is 0. The molecule has 12 heteroatoms. The van der Waals surface area contributed by atoms with Crippen molar-refractivity contribution in [1.29, 1.82) is 0 Å². The van der Waals surface area contributed by atoms with Gasteiger partial charge in [0.2, 0.25) is 11.8 Å². The highest BCUT2D eigenvalue weighted by Crippen LogP contribution is 2.45. The summed E-state index contributed by atoms with van der Waals surface area (Å²) in [6, 6.07) is 23.1. The van der Waals surface area contributed by atoms with Crippen LogP contribution in [-0.2, 0) is 34.3 Å². The molecule has 12 nitrogen and oxygen atoms in total. The van der Waals surface area contributed by atoms with Gasteiger partial charge in [0.05, 0.1) is 47.4 Å². The van der Waals surface area contributed by atoms with Crippen LogP contribution in [0.2, 0.25) is 0 Å². The van der Waals surface area contributed by atoms with Gasteiger partial charge < -0.3 is 39.0 Å². The van der Waals surface area contributed by atoms with Gasteiger partial charge >= 0.3 is 11.9 Å². The monoisotopic (exact) mass is 798 g/mol. The number of aliphatic carboxylic acids is 1. The molecule has 312 valence electrons. The maximum absolute atomic E-state index is 13.4. The molecule has 1 saturated heterocycles. The van der Waals surface area contributed by atoms with E-state index in [9.17, 15) is 19.2 Å². The van der Waals surface area contributed by atoms with Crippen molar-refractivity contribution in [2.75, 3.05) is 54.2 Å². The number of carboxylic acid groups (broad SMARTS) is 1. The fraction of sp³-hybridized carbons (Fsp3) is 0.478. The molecule has 4 rings (SSSR count). The highest BCUT2D eigenvalue weighted by atomic mass is 16.5. The molecular weight excluding hydrogens is 741 g/mol. The predicted molar refractivity (Wildman–Crippen MR) is 220 cm³/mol. The number of piperidine rings is 1. The molecule has 0 atom stereocenters. The van der Waals surface area contributed by atoms with Gasteiger partial charge in [-0.2, -0.15) is 0 Å². The number of benzene rings is 3. The number of methoxy groups -OCH3 is 3. The fourth-order valence-electron chi connectivity index (χ4n) is 7.13. The standard InChI is InChI=1S/C46H58N2O10/c1-5-6-7-9-12-41(49)47-30-11-8-10-13-42(50)48-31-28-45(29-32-48,33-57-44(53)27-26-43(51)52)34-58-46(35-14-20-38(54-2)21-15-35,36-16-22-39(55-3)23-17-36)37-18-24-40(56-4)25-19-37/h1,14-25H,6-13,26-34H2,2-4H3,(H,47,49)(H,51,52). The first-order valence-electron chi connectivity index (χ1n) is 20.0. The molecule has 1 aliphatic rings. The van der Waals surface area contributed by atoms with E-state index in [-0.39, 0.29) is 37.9 Å². The Morgan fingerprint density at radius 2 is 1.22 bits per heavy atom. The Labute approximate surface area is 342 Å². The number of rotatable bonds is 24. The summed E-state index contributed by atoms with van der Waals surface area (Å²) in [5.41, 5.74) is 0.601. The van der Waals surface area contributed by atoms with Crippen LogP contribution < -0.4 is 19.5 Å². The fourth-order valence-corrected chi connectivity index (χ4v) is 7.13. The lowest BCUT2D eigenvalue weighted by molar-refractivity contribution is -0.157. The molecule has 58 heavy (non-hydrogen) atoms. The molecule has 0 unspecified atom stereocenters. The van der Waals surface area contributed by atoms with Crippen molar-refractivity contribution in [2.45, 2.75) is 82.7 Å². The van der Waals surface area contributed by atoms with E-state index >= 15 is 0 Å². The van der Waals surface area contributed by atoms with Crippen molar-refractivity contribution in [2.24, 2.45) is 5.41 Å². The quantitative estimate of drug-likeness (QED) is 0.0424. The molecule has 0 aliphatic carbocycles. The molecule has 0 spiro atoms. The van der Waals surface area contributed by atoms with E-state index in [4.69, 9.17) is 35.2 Å². The number of likely N-dealkylation sites (tertiary alicyclic amines) is 1. The van der Waals surface area contributed by atoms with E-state index < -0.39 is 23.0 Å². The minimum atomic E-state index is -1.17. The zero-order valence-electron chi connectivity index (χ0n) is 34.1. The van der Waals surface area contributed by atoms with Gasteiger partial charge in [-0.25, -0.2) is 0 Å². The number of hydrogen-bond acceptors (Lipinski definition) is 9. The summed E-state index contributed by atoms with van der Waals surface area (Å²) in [7, 11) is 4.83. The van der Waals surface area contributed by atoms with E-state index in [1.807, 2.05) is 77.7 Å². The molecule has 0 bridgehead atoms. The van der Waals surface area contributed by atoms with Gasteiger partial charge in [-0.3, -0.25) is 19.2 Å². The van der Waals surface area contributed by atoms with E-state index in [0.29, 0.717) is 75.4 Å². The summed E-state index contributed by atoms with van der Waals surface area (Å²) in [6.45, 7) is 1.58. The van der Waals surface area contributed by atoms with Gasteiger partial charge in [0.1, 0.15) is 22.8 Å². The number of esters is 1. The van der Waals surface area contributed by atoms with Gasteiger partial charge in [-0.05, 0) is 91.6 Å². The highest BCUT2D eigenvalue weighted by Gasteiger charge is 2.44. The minimum Gasteiger partial charge on any atom is -0.497 e. The number of carbonyl (C=O) groups excluding carboxylic acids is 3. The van der Waals surface area contributed by atoms with Crippen LogP contribution in [0.1, 0.15) is 93.7 Å². The van der Waals surface area contributed by atoms with Crippen LogP contribution in [0.15, 0.2) is 72.8 Å². The largest absolute Gasteiger partial charge is 0.497 e. The molecule has 3 aromatic carbocycles. The highest BCUT2D eigenvalue weighted by molar-refractivity contribution is 5.77. The molecule has 2 amide bonds. The second-order valence-corrected chi connectivity index (χ2v) is 14.7. The van der Waals surface area contributed by atoms with Crippen molar-refractivity contribution in [3.63, 3.8) is 0 Å². The molecule has 0 saturated carbocycles. The van der Waals surface area contributed by atoms with E-state index in [1.54, 1.807) is 21.3 Å². The molecular formula is C46H58N2O10. The number of ether oxygens (including phenoxy) is 5. The zero-order chi connectivity index (χ0) is 41.8. The SMILES string of the molecule is C#CCCCCC(=O)NCCCCCC(=O)N1CCC(COC(=O)CCC(=O)O)(COC(c2ccc(OC)cc2)(c2ccc(OC)cc2)c2ccc(OC)cc2)CC1. The van der Waals surface area contributed by atoms with Crippen molar-refractivity contribution in [3.05, 3.63) is 89.5 Å². The van der Waals surface area contributed by atoms with Crippen molar-refractivity contribution in [1.82, 2.24) is 10.2 Å². The number of carbonyl (C=O) groups is 4. The lowest BCUT2D eigenvalue weighted by atomic mass is 9.77. The average Bonchev–Trinajstić information content (AvgIpc) is 3.25. The second-order valence-electron chi connectivity index (χ2n) is 14.7.